The van der Waals surface area contributed by atoms with E-state index in [0.717, 1.165) is 42.8 Å². The third-order valence-electron chi connectivity index (χ3n) is 7.91. The highest BCUT2D eigenvalue weighted by molar-refractivity contribution is 7.99. The predicted molar refractivity (Wildman–Crippen MR) is 146 cm³/mol. The van der Waals surface area contributed by atoms with Crippen molar-refractivity contribution in [1.29, 1.82) is 0 Å². The number of aromatic nitrogens is 3. The Morgan fingerprint density at radius 3 is 2.66 bits per heavy atom. The lowest BCUT2D eigenvalue weighted by molar-refractivity contribution is 0.102. The van der Waals surface area contributed by atoms with Crippen molar-refractivity contribution in [3.63, 3.8) is 0 Å². The molecule has 5 nitrogen and oxygen atoms in total. The molecule has 0 saturated heterocycles. The summed E-state index contributed by atoms with van der Waals surface area (Å²) in [5.74, 6) is 1.93. The summed E-state index contributed by atoms with van der Waals surface area (Å²) in [5.41, 5.74) is 3.66. The molecular formula is C29H39N3O2S. The van der Waals surface area contributed by atoms with E-state index in [1.165, 1.54) is 18.2 Å². The molecule has 0 radical (unpaired) electrons. The van der Waals surface area contributed by atoms with Gasteiger partial charge in [-0.05, 0) is 62.6 Å². The molecule has 4 rings (SSSR count). The van der Waals surface area contributed by atoms with E-state index in [9.17, 15) is 9.59 Å². The van der Waals surface area contributed by atoms with Crippen molar-refractivity contribution >= 4 is 28.4 Å². The summed E-state index contributed by atoms with van der Waals surface area (Å²) in [6, 6.07) is 9.70. The Bertz CT molecular complexity index is 1270. The molecule has 6 heteroatoms. The number of nitrogens with zero attached hydrogens (tertiary/aromatic N) is 3. The second-order valence-corrected chi connectivity index (χ2v) is 11.7. The Labute approximate surface area is 213 Å². The highest BCUT2D eigenvalue weighted by Crippen LogP contribution is 2.39. The molecule has 1 aliphatic rings. The number of thioether (sulfide) groups is 1. The fourth-order valence-electron chi connectivity index (χ4n) is 5.46. The van der Waals surface area contributed by atoms with Crippen LogP contribution >= 0.6 is 11.8 Å². The number of rotatable bonds is 8. The van der Waals surface area contributed by atoms with Crippen molar-refractivity contribution in [3.05, 3.63) is 57.6 Å². The smallest absolute Gasteiger partial charge is 0.262 e. The molecule has 1 saturated carbocycles. The summed E-state index contributed by atoms with van der Waals surface area (Å²) in [4.78, 5) is 31.9. The van der Waals surface area contributed by atoms with Gasteiger partial charge in [-0.15, -0.1) is 0 Å². The van der Waals surface area contributed by atoms with Crippen LogP contribution in [-0.4, -0.2) is 25.7 Å². The lowest BCUT2D eigenvalue weighted by atomic mass is 9.78. The summed E-state index contributed by atoms with van der Waals surface area (Å²) >= 11 is 1.41. The van der Waals surface area contributed by atoms with Gasteiger partial charge in [-0.25, -0.2) is 4.98 Å². The largest absolute Gasteiger partial charge is 0.348 e. The number of benzene rings is 1. The maximum absolute atomic E-state index is 13.7. The zero-order valence-electron chi connectivity index (χ0n) is 22.0. The first-order valence-corrected chi connectivity index (χ1v) is 14.0. The molecule has 0 unspecified atom stereocenters. The molecule has 0 aliphatic heterocycles. The van der Waals surface area contributed by atoms with Crippen LogP contribution in [0.1, 0.15) is 81.2 Å². The number of carbonyl (C=O) groups excluding carboxylic acids is 1. The summed E-state index contributed by atoms with van der Waals surface area (Å²) in [5, 5.41) is 1.32. The molecule has 0 bridgehead atoms. The third-order valence-corrected chi connectivity index (χ3v) is 8.86. The van der Waals surface area contributed by atoms with Gasteiger partial charge in [0.05, 0.1) is 16.7 Å². The van der Waals surface area contributed by atoms with Gasteiger partial charge in [0, 0.05) is 29.5 Å². The molecule has 2 heterocycles. The number of hydrogen-bond acceptors (Lipinski definition) is 4. The minimum atomic E-state index is 0.0170. The van der Waals surface area contributed by atoms with E-state index >= 15 is 0 Å². The number of ketones is 1. The second-order valence-electron chi connectivity index (χ2n) is 10.8. The van der Waals surface area contributed by atoms with Gasteiger partial charge >= 0.3 is 0 Å². The second kappa shape index (κ2) is 10.7. The summed E-state index contributed by atoms with van der Waals surface area (Å²) in [6.07, 6.45) is 4.37. The van der Waals surface area contributed by atoms with Crippen molar-refractivity contribution in [2.75, 3.05) is 5.75 Å². The first-order valence-electron chi connectivity index (χ1n) is 13.0. The molecule has 0 amide bonds. The third kappa shape index (κ3) is 5.28. The van der Waals surface area contributed by atoms with Gasteiger partial charge in [0.15, 0.2) is 10.9 Å². The first kappa shape index (κ1) is 25.7. The molecule has 188 valence electrons. The van der Waals surface area contributed by atoms with Crippen molar-refractivity contribution in [2.24, 2.45) is 17.8 Å². The van der Waals surface area contributed by atoms with Crippen LogP contribution in [0.25, 0.3) is 10.9 Å². The van der Waals surface area contributed by atoms with Crippen molar-refractivity contribution in [1.82, 2.24) is 14.1 Å². The molecule has 0 spiro atoms. The SMILES string of the molecule is Cc1cc(C(=O)CSc2nc3ccccc3c(=O)n2[C@@H]2CCC[C@H](C)[C@@H]2C)c(C)n1CCC(C)C. The Morgan fingerprint density at radius 2 is 1.91 bits per heavy atom. The molecule has 35 heavy (non-hydrogen) atoms. The van der Waals surface area contributed by atoms with Gasteiger partial charge in [-0.2, -0.15) is 0 Å². The fourth-order valence-corrected chi connectivity index (χ4v) is 6.40. The lowest BCUT2D eigenvalue weighted by Crippen LogP contribution is -2.35. The number of Topliss-reactive ketones (excluding diaryl/α,β-unsaturated/α-hetero) is 1. The van der Waals surface area contributed by atoms with E-state index in [2.05, 4.69) is 39.2 Å². The zero-order chi connectivity index (χ0) is 25.3. The normalized spacial score (nSPS) is 20.6. The van der Waals surface area contributed by atoms with Crippen LogP contribution < -0.4 is 5.56 Å². The summed E-state index contributed by atoms with van der Waals surface area (Å²) < 4.78 is 4.17. The number of carbonyl (C=O) groups is 1. The van der Waals surface area contributed by atoms with E-state index in [-0.39, 0.29) is 23.1 Å². The minimum absolute atomic E-state index is 0.0170. The molecule has 0 N–H and O–H groups in total. The molecule has 1 aliphatic carbocycles. The van der Waals surface area contributed by atoms with Crippen LogP contribution in [0.4, 0.5) is 0 Å². The molecule has 3 aromatic rings. The van der Waals surface area contributed by atoms with Gasteiger partial charge in [0.25, 0.3) is 5.56 Å². The summed E-state index contributed by atoms with van der Waals surface area (Å²) in [7, 11) is 0. The molecular weight excluding hydrogens is 454 g/mol. The van der Waals surface area contributed by atoms with Gasteiger partial charge in [0.2, 0.25) is 0 Å². The van der Waals surface area contributed by atoms with Crippen LogP contribution in [0, 0.1) is 31.6 Å². The monoisotopic (exact) mass is 493 g/mol. The maximum atomic E-state index is 13.7. The molecule has 2 aromatic heterocycles. The number of hydrogen-bond donors (Lipinski definition) is 0. The first-order chi connectivity index (χ1) is 16.7. The van der Waals surface area contributed by atoms with E-state index in [1.54, 1.807) is 0 Å². The van der Waals surface area contributed by atoms with Crippen molar-refractivity contribution in [2.45, 2.75) is 85.0 Å². The Hall–Kier alpha value is -2.34. The fraction of sp³-hybridized carbons (Fsp3) is 0.552. The quantitative estimate of drug-likeness (QED) is 0.196. The van der Waals surface area contributed by atoms with Gasteiger partial charge in [0.1, 0.15) is 0 Å². The topological polar surface area (TPSA) is 56.9 Å². The van der Waals surface area contributed by atoms with E-state index < -0.39 is 0 Å². The Kier molecular flexibility index (Phi) is 7.89. The van der Waals surface area contributed by atoms with E-state index in [0.29, 0.717) is 33.8 Å². The standard InChI is InChI=1S/C29H39N3O2S/c1-18(2)14-15-31-20(4)16-24(22(31)6)27(33)17-35-29-30-25-12-8-7-11-23(25)28(34)32(29)26-13-9-10-19(3)21(26)5/h7-8,11-12,16,18-19,21,26H,9-10,13-15,17H2,1-6H3/t19-,21-,26+/m0/s1. The average molecular weight is 494 g/mol. The van der Waals surface area contributed by atoms with Crippen molar-refractivity contribution in [3.8, 4) is 0 Å². The van der Waals surface area contributed by atoms with Crippen LogP contribution in [0.5, 0.6) is 0 Å². The summed E-state index contributed by atoms with van der Waals surface area (Å²) in [6.45, 7) is 14.0. The van der Waals surface area contributed by atoms with Crippen LogP contribution in [0.2, 0.25) is 0 Å². The zero-order valence-corrected chi connectivity index (χ0v) is 22.8. The van der Waals surface area contributed by atoms with Gasteiger partial charge in [-0.3, -0.25) is 14.2 Å². The molecule has 1 fully saturated rings. The lowest BCUT2D eigenvalue weighted by Gasteiger charge is -2.36. The number of aryl methyl sites for hydroxylation is 1. The predicted octanol–water partition coefficient (Wildman–Crippen LogP) is 6.83. The van der Waals surface area contributed by atoms with Crippen LogP contribution in [0.3, 0.4) is 0 Å². The average Bonchev–Trinajstić information content (AvgIpc) is 3.11. The van der Waals surface area contributed by atoms with Gasteiger partial charge in [-0.1, -0.05) is 64.4 Å². The molecule has 3 atom stereocenters. The van der Waals surface area contributed by atoms with Crippen LogP contribution in [0.15, 0.2) is 40.3 Å². The molecule has 1 aromatic carbocycles. The van der Waals surface area contributed by atoms with Crippen LogP contribution in [-0.2, 0) is 6.54 Å². The van der Waals surface area contributed by atoms with Gasteiger partial charge < -0.3 is 4.57 Å². The van der Waals surface area contributed by atoms with E-state index in [1.807, 2.05) is 41.8 Å². The Morgan fingerprint density at radius 1 is 1.17 bits per heavy atom. The maximum Gasteiger partial charge on any atom is 0.262 e. The van der Waals surface area contributed by atoms with Crippen molar-refractivity contribution < 1.29 is 4.79 Å². The van der Waals surface area contributed by atoms with E-state index in [4.69, 9.17) is 4.98 Å². The Balaban J connectivity index is 1.65. The highest BCUT2D eigenvalue weighted by Gasteiger charge is 2.31. The number of fused-ring (bicyclic) bond motifs is 1. The number of para-hydroxylation sites is 1. The highest BCUT2D eigenvalue weighted by atomic mass is 32.2. The minimum Gasteiger partial charge on any atom is -0.348 e.